The maximum Gasteiger partial charge on any atom is 0.293 e. The van der Waals surface area contributed by atoms with Gasteiger partial charge in [0.05, 0.1) is 22.9 Å². The van der Waals surface area contributed by atoms with E-state index in [1.54, 1.807) is 42.6 Å². The molecule has 1 aliphatic rings. The van der Waals surface area contributed by atoms with Gasteiger partial charge in [-0.2, -0.15) is 0 Å². The molecular formula is C22H17N3O4S. The molecule has 1 saturated heterocycles. The zero-order valence-electron chi connectivity index (χ0n) is 15.8. The van der Waals surface area contributed by atoms with Gasteiger partial charge in [0.2, 0.25) is 0 Å². The van der Waals surface area contributed by atoms with Crippen LogP contribution < -0.4 is 0 Å². The number of nitro groups is 1. The highest BCUT2D eigenvalue weighted by Gasteiger charge is 2.35. The molecule has 30 heavy (non-hydrogen) atoms. The van der Waals surface area contributed by atoms with Crippen LogP contribution in [0.25, 0.3) is 6.08 Å². The average Bonchev–Trinajstić information content (AvgIpc) is 3.28. The predicted molar refractivity (Wildman–Crippen MR) is 115 cm³/mol. The van der Waals surface area contributed by atoms with Gasteiger partial charge in [0.15, 0.2) is 0 Å². The summed E-state index contributed by atoms with van der Waals surface area (Å²) in [4.78, 5) is 37.6. The molecule has 2 heterocycles. The molecule has 8 heteroatoms. The third kappa shape index (κ3) is 4.04. The van der Waals surface area contributed by atoms with Crippen LogP contribution in [0.5, 0.6) is 0 Å². The number of thioether (sulfide) groups is 1. The van der Waals surface area contributed by atoms with Gasteiger partial charge < -0.3 is 4.57 Å². The molecule has 0 atom stereocenters. The molecule has 0 aliphatic carbocycles. The summed E-state index contributed by atoms with van der Waals surface area (Å²) in [5, 5.41) is 11.0. The second kappa shape index (κ2) is 8.38. The molecule has 1 fully saturated rings. The number of nitro benzene ring substituents is 1. The second-order valence-corrected chi connectivity index (χ2v) is 7.69. The van der Waals surface area contributed by atoms with Crippen molar-refractivity contribution >= 4 is 34.7 Å². The van der Waals surface area contributed by atoms with Crippen LogP contribution in [0.4, 0.5) is 10.5 Å². The number of hydrogen-bond acceptors (Lipinski definition) is 5. The van der Waals surface area contributed by atoms with Crippen LogP contribution in [-0.2, 0) is 17.9 Å². The zero-order chi connectivity index (χ0) is 21.1. The van der Waals surface area contributed by atoms with Gasteiger partial charge in [-0.25, -0.2) is 0 Å². The molecule has 2 amide bonds. The van der Waals surface area contributed by atoms with Crippen LogP contribution in [0.2, 0.25) is 0 Å². The molecule has 0 bridgehead atoms. The molecule has 0 saturated carbocycles. The lowest BCUT2D eigenvalue weighted by molar-refractivity contribution is -0.385. The van der Waals surface area contributed by atoms with Gasteiger partial charge >= 0.3 is 0 Å². The Labute approximate surface area is 176 Å². The quantitative estimate of drug-likeness (QED) is 0.329. The molecule has 2 aromatic carbocycles. The number of benzene rings is 2. The van der Waals surface area contributed by atoms with Crippen molar-refractivity contribution in [3.05, 3.63) is 105 Å². The Morgan fingerprint density at radius 3 is 2.43 bits per heavy atom. The highest BCUT2D eigenvalue weighted by Crippen LogP contribution is 2.33. The van der Waals surface area contributed by atoms with E-state index >= 15 is 0 Å². The fourth-order valence-electron chi connectivity index (χ4n) is 3.25. The van der Waals surface area contributed by atoms with Gasteiger partial charge in [0.1, 0.15) is 0 Å². The molecule has 0 radical (unpaired) electrons. The van der Waals surface area contributed by atoms with Crippen molar-refractivity contribution in [2.24, 2.45) is 0 Å². The fraction of sp³-hybridized carbons (Fsp3) is 0.0909. The number of hydrogen-bond donors (Lipinski definition) is 0. The number of amides is 2. The molecule has 1 aromatic heterocycles. The number of nitrogens with zero attached hydrogens (tertiary/aromatic N) is 3. The smallest absolute Gasteiger partial charge is 0.293 e. The van der Waals surface area contributed by atoms with E-state index in [0.717, 1.165) is 17.3 Å². The van der Waals surface area contributed by atoms with Crippen molar-refractivity contribution in [2.45, 2.75) is 13.1 Å². The van der Waals surface area contributed by atoms with Gasteiger partial charge in [0, 0.05) is 23.5 Å². The summed E-state index contributed by atoms with van der Waals surface area (Å²) < 4.78 is 1.81. The van der Waals surface area contributed by atoms with Crippen molar-refractivity contribution in [1.29, 1.82) is 0 Å². The Balaban J connectivity index is 1.57. The van der Waals surface area contributed by atoms with Crippen molar-refractivity contribution in [1.82, 2.24) is 9.47 Å². The molecule has 0 N–H and O–H groups in total. The second-order valence-electron chi connectivity index (χ2n) is 6.70. The average molecular weight is 419 g/mol. The standard InChI is InChI=1S/C22H17N3O4S/c26-21-20(30-22(27)24(21)14-16-7-2-1-3-8-16)13-18-10-6-12-23(18)15-17-9-4-5-11-19(17)25(28)29/h1-13H,14-15H2/b20-13-. The van der Waals surface area contributed by atoms with Crippen molar-refractivity contribution in [3.63, 3.8) is 0 Å². The minimum absolute atomic E-state index is 0.0420. The summed E-state index contributed by atoms with van der Waals surface area (Å²) in [7, 11) is 0. The summed E-state index contributed by atoms with van der Waals surface area (Å²) in [5.41, 5.74) is 2.17. The first-order valence-corrected chi connectivity index (χ1v) is 10.0. The largest absolute Gasteiger partial charge is 0.343 e. The minimum Gasteiger partial charge on any atom is -0.343 e. The first kappa shape index (κ1) is 19.7. The van der Waals surface area contributed by atoms with Crippen molar-refractivity contribution in [3.8, 4) is 0 Å². The predicted octanol–water partition coefficient (Wildman–Crippen LogP) is 4.68. The normalized spacial score (nSPS) is 15.2. The van der Waals surface area contributed by atoms with E-state index in [4.69, 9.17) is 0 Å². The van der Waals surface area contributed by atoms with Gasteiger partial charge in [-0.15, -0.1) is 0 Å². The van der Waals surface area contributed by atoms with E-state index < -0.39 is 4.92 Å². The summed E-state index contributed by atoms with van der Waals surface area (Å²) >= 11 is 0.899. The monoisotopic (exact) mass is 419 g/mol. The van der Waals surface area contributed by atoms with Crippen LogP contribution in [-0.4, -0.2) is 25.5 Å². The molecule has 4 rings (SSSR count). The highest BCUT2D eigenvalue weighted by atomic mass is 32.2. The number of aromatic nitrogens is 1. The first-order valence-electron chi connectivity index (χ1n) is 9.19. The third-order valence-electron chi connectivity index (χ3n) is 4.73. The maximum absolute atomic E-state index is 12.8. The maximum atomic E-state index is 12.8. The molecular weight excluding hydrogens is 402 g/mol. The van der Waals surface area contributed by atoms with Crippen LogP contribution in [0.15, 0.2) is 77.8 Å². The topological polar surface area (TPSA) is 85.5 Å². The molecule has 0 spiro atoms. The van der Waals surface area contributed by atoms with Gasteiger partial charge in [-0.3, -0.25) is 24.6 Å². The lowest BCUT2D eigenvalue weighted by Crippen LogP contribution is -2.27. The Hall–Kier alpha value is -3.65. The number of para-hydroxylation sites is 1. The first-order chi connectivity index (χ1) is 14.5. The van der Waals surface area contributed by atoms with Crippen molar-refractivity contribution in [2.75, 3.05) is 0 Å². The molecule has 150 valence electrons. The number of carbonyl (C=O) groups excluding carboxylic acids is 2. The van der Waals surface area contributed by atoms with E-state index in [1.807, 2.05) is 34.9 Å². The molecule has 0 unspecified atom stereocenters. The molecule has 3 aromatic rings. The number of carbonyl (C=O) groups is 2. The Morgan fingerprint density at radius 1 is 0.933 bits per heavy atom. The third-order valence-corrected chi connectivity index (χ3v) is 5.64. The van der Waals surface area contributed by atoms with Crippen LogP contribution in [0, 0.1) is 10.1 Å². The van der Waals surface area contributed by atoms with Gasteiger partial charge in [-0.05, 0) is 35.5 Å². The van der Waals surface area contributed by atoms with Crippen molar-refractivity contribution < 1.29 is 14.5 Å². The van der Waals surface area contributed by atoms with E-state index in [0.29, 0.717) is 16.2 Å². The summed E-state index contributed by atoms with van der Waals surface area (Å²) in [6, 6.07) is 19.5. The van der Waals surface area contributed by atoms with Crippen LogP contribution in [0.1, 0.15) is 16.8 Å². The Morgan fingerprint density at radius 2 is 1.67 bits per heavy atom. The highest BCUT2D eigenvalue weighted by molar-refractivity contribution is 8.18. The number of imide groups is 1. The minimum atomic E-state index is -0.409. The molecule has 1 aliphatic heterocycles. The van der Waals surface area contributed by atoms with Crippen LogP contribution in [0.3, 0.4) is 0 Å². The Kier molecular flexibility index (Phi) is 5.49. The SMILES string of the molecule is O=C1S/C(=C\c2cccn2Cc2ccccc2[N+](=O)[O-])C(=O)N1Cc1ccccc1. The number of rotatable bonds is 6. The zero-order valence-corrected chi connectivity index (χ0v) is 16.6. The van der Waals surface area contributed by atoms with Crippen LogP contribution >= 0.6 is 11.8 Å². The van der Waals surface area contributed by atoms with E-state index in [1.165, 1.54) is 11.0 Å². The summed E-state index contributed by atoms with van der Waals surface area (Å²) in [5.74, 6) is -0.340. The van der Waals surface area contributed by atoms with E-state index in [2.05, 4.69) is 0 Å². The Bertz CT molecular complexity index is 1150. The van der Waals surface area contributed by atoms with Gasteiger partial charge in [0.25, 0.3) is 16.8 Å². The van der Waals surface area contributed by atoms with Gasteiger partial charge in [-0.1, -0.05) is 48.5 Å². The molecule has 7 nitrogen and oxygen atoms in total. The lowest BCUT2D eigenvalue weighted by atomic mass is 10.2. The fourth-order valence-corrected chi connectivity index (χ4v) is 4.07. The van der Waals surface area contributed by atoms with E-state index in [-0.39, 0.29) is 29.9 Å². The van der Waals surface area contributed by atoms with E-state index in [9.17, 15) is 19.7 Å². The summed E-state index contributed by atoms with van der Waals surface area (Å²) in [6.07, 6.45) is 3.45. The lowest BCUT2D eigenvalue weighted by Gasteiger charge is -2.12. The summed E-state index contributed by atoms with van der Waals surface area (Å²) in [6.45, 7) is 0.504.